The molecule has 0 aliphatic heterocycles. The molecule has 9 heteroatoms. The largest absolute Gasteiger partial charge is 0.483 e. The number of nitrogens with one attached hydrogen (secondary N) is 1. The van der Waals surface area contributed by atoms with Gasteiger partial charge in [0.2, 0.25) is 5.89 Å². The maximum atomic E-state index is 12.1. The SMILES string of the molecule is O=C(Nc1noc(C2CC2)n1)c1cc(-c2ccccc2)on1.O=CO. The minimum absolute atomic E-state index is 0.149. The van der Waals surface area contributed by atoms with E-state index < -0.39 is 5.91 Å². The van der Waals surface area contributed by atoms with Crippen molar-refractivity contribution in [3.05, 3.63) is 48.0 Å². The van der Waals surface area contributed by atoms with Crippen molar-refractivity contribution in [1.29, 1.82) is 0 Å². The highest BCUT2D eigenvalue weighted by Crippen LogP contribution is 2.39. The van der Waals surface area contributed by atoms with Crippen LogP contribution in [-0.4, -0.2) is 32.8 Å². The molecule has 2 aromatic heterocycles. The van der Waals surface area contributed by atoms with Crippen molar-refractivity contribution in [2.24, 2.45) is 0 Å². The summed E-state index contributed by atoms with van der Waals surface area (Å²) in [5.41, 5.74) is 1.02. The van der Waals surface area contributed by atoms with Crippen LogP contribution in [0.2, 0.25) is 0 Å². The molecule has 0 radical (unpaired) electrons. The van der Waals surface area contributed by atoms with Crippen LogP contribution in [0.25, 0.3) is 11.3 Å². The molecule has 3 aromatic rings. The van der Waals surface area contributed by atoms with Crippen molar-refractivity contribution in [1.82, 2.24) is 15.3 Å². The fraction of sp³-hybridized carbons (Fsp3) is 0.188. The number of carboxylic acid groups (broad SMARTS) is 1. The Morgan fingerprint density at radius 1 is 1.20 bits per heavy atom. The minimum Gasteiger partial charge on any atom is -0.483 e. The second-order valence-corrected chi connectivity index (χ2v) is 5.23. The summed E-state index contributed by atoms with van der Waals surface area (Å²) in [6.45, 7) is -0.250. The molecule has 9 nitrogen and oxygen atoms in total. The van der Waals surface area contributed by atoms with Crippen LogP contribution >= 0.6 is 0 Å². The molecule has 2 N–H and O–H groups in total. The lowest BCUT2D eigenvalue weighted by atomic mass is 10.1. The third-order valence-electron chi connectivity index (χ3n) is 3.39. The number of hydrogen-bond acceptors (Lipinski definition) is 7. The van der Waals surface area contributed by atoms with Crippen molar-refractivity contribution < 1.29 is 23.7 Å². The number of amides is 1. The van der Waals surface area contributed by atoms with Crippen LogP contribution < -0.4 is 5.32 Å². The van der Waals surface area contributed by atoms with E-state index in [-0.39, 0.29) is 18.1 Å². The molecule has 1 aliphatic rings. The Kier molecular flexibility index (Phi) is 4.84. The predicted molar refractivity (Wildman–Crippen MR) is 84.9 cm³/mol. The summed E-state index contributed by atoms with van der Waals surface area (Å²) in [6, 6.07) is 11.0. The van der Waals surface area contributed by atoms with Crippen LogP contribution in [-0.2, 0) is 4.79 Å². The number of nitrogens with zero attached hydrogens (tertiary/aromatic N) is 3. The molecule has 25 heavy (non-hydrogen) atoms. The van der Waals surface area contributed by atoms with E-state index in [1.807, 2.05) is 30.3 Å². The zero-order valence-corrected chi connectivity index (χ0v) is 13.0. The van der Waals surface area contributed by atoms with Crippen LogP contribution in [0.1, 0.15) is 35.1 Å². The number of benzene rings is 1. The van der Waals surface area contributed by atoms with E-state index in [1.54, 1.807) is 6.07 Å². The molecule has 0 unspecified atom stereocenters. The van der Waals surface area contributed by atoms with E-state index in [1.165, 1.54) is 0 Å². The van der Waals surface area contributed by atoms with Crippen LogP contribution in [0, 0.1) is 0 Å². The Hall–Kier alpha value is -3.49. The second kappa shape index (κ2) is 7.39. The predicted octanol–water partition coefficient (Wildman–Crippen LogP) is 2.56. The first-order valence-corrected chi connectivity index (χ1v) is 7.46. The van der Waals surface area contributed by atoms with Crippen LogP contribution in [0.3, 0.4) is 0 Å². The molecule has 0 bridgehead atoms. The molecule has 1 amide bonds. The minimum atomic E-state index is -0.436. The molecule has 1 fully saturated rings. The maximum absolute atomic E-state index is 12.1. The highest BCUT2D eigenvalue weighted by Gasteiger charge is 2.30. The van der Waals surface area contributed by atoms with Crippen LogP contribution in [0.4, 0.5) is 5.95 Å². The molecule has 2 heterocycles. The number of carbonyl (C=O) groups excluding carboxylic acids is 1. The highest BCUT2D eigenvalue weighted by molar-refractivity contribution is 6.02. The monoisotopic (exact) mass is 342 g/mol. The van der Waals surface area contributed by atoms with E-state index in [9.17, 15) is 4.79 Å². The number of anilines is 1. The fourth-order valence-corrected chi connectivity index (χ4v) is 2.07. The summed E-state index contributed by atoms with van der Waals surface area (Å²) in [4.78, 5) is 24.6. The first-order chi connectivity index (χ1) is 12.2. The average molecular weight is 342 g/mol. The summed E-state index contributed by atoms with van der Waals surface area (Å²) in [6.07, 6.45) is 2.11. The molecular formula is C16H14N4O5. The lowest BCUT2D eigenvalue weighted by molar-refractivity contribution is -0.122. The first kappa shape index (κ1) is 16.4. The van der Waals surface area contributed by atoms with E-state index >= 15 is 0 Å². The Balaban J connectivity index is 0.000000569. The second-order valence-electron chi connectivity index (χ2n) is 5.23. The number of rotatable bonds is 4. The standard InChI is InChI=1S/C15H12N4O3.CH2O2/c20-13(16-15-17-14(22-19-15)10-6-7-10)11-8-12(21-18-11)9-4-2-1-3-5-9;2-1-3/h1-5,8,10H,6-7H2,(H,16,19,20);1H,(H,2,3). The molecule has 1 aromatic carbocycles. The van der Waals surface area contributed by atoms with E-state index in [0.717, 1.165) is 18.4 Å². The molecule has 4 rings (SSSR count). The third kappa shape index (κ3) is 4.08. The normalized spacial score (nSPS) is 12.8. The Bertz CT molecular complexity index is 854. The summed E-state index contributed by atoms with van der Waals surface area (Å²) in [5, 5.41) is 16.9. The molecule has 128 valence electrons. The van der Waals surface area contributed by atoms with E-state index in [4.69, 9.17) is 18.9 Å². The Morgan fingerprint density at radius 3 is 2.60 bits per heavy atom. The fourth-order valence-electron chi connectivity index (χ4n) is 2.07. The summed E-state index contributed by atoms with van der Waals surface area (Å²) >= 11 is 0. The molecule has 1 aliphatic carbocycles. The first-order valence-electron chi connectivity index (χ1n) is 7.46. The smallest absolute Gasteiger partial charge is 0.290 e. The zero-order chi connectivity index (χ0) is 17.6. The van der Waals surface area contributed by atoms with E-state index in [0.29, 0.717) is 17.6 Å². The average Bonchev–Trinajstić information content (AvgIpc) is 3.17. The molecular weight excluding hydrogens is 328 g/mol. The molecule has 0 spiro atoms. The lowest BCUT2D eigenvalue weighted by Gasteiger charge is -1.94. The van der Waals surface area contributed by atoms with Crippen LogP contribution in [0.15, 0.2) is 45.4 Å². The highest BCUT2D eigenvalue weighted by atomic mass is 16.5. The van der Waals surface area contributed by atoms with Crippen molar-refractivity contribution in [2.45, 2.75) is 18.8 Å². The number of hydrogen-bond donors (Lipinski definition) is 2. The van der Waals surface area contributed by atoms with Gasteiger partial charge in [-0.05, 0) is 18.0 Å². The van der Waals surface area contributed by atoms with Gasteiger partial charge in [0.05, 0.1) is 0 Å². The Labute approximate surface area is 141 Å². The van der Waals surface area contributed by atoms with Gasteiger partial charge >= 0.3 is 0 Å². The van der Waals surface area contributed by atoms with Gasteiger partial charge in [0, 0.05) is 17.5 Å². The number of carbonyl (C=O) groups is 2. The van der Waals surface area contributed by atoms with Crippen LogP contribution in [0.5, 0.6) is 0 Å². The Morgan fingerprint density at radius 2 is 1.92 bits per heavy atom. The molecule has 0 saturated heterocycles. The zero-order valence-electron chi connectivity index (χ0n) is 13.0. The maximum Gasteiger partial charge on any atom is 0.290 e. The van der Waals surface area contributed by atoms with Crippen molar-refractivity contribution in [3.63, 3.8) is 0 Å². The van der Waals surface area contributed by atoms with Gasteiger partial charge in [0.25, 0.3) is 18.3 Å². The van der Waals surface area contributed by atoms with Gasteiger partial charge in [-0.1, -0.05) is 35.5 Å². The van der Waals surface area contributed by atoms with E-state index in [2.05, 4.69) is 20.6 Å². The van der Waals surface area contributed by atoms with Gasteiger partial charge in [-0.15, -0.1) is 0 Å². The number of aromatic nitrogens is 3. The quantitative estimate of drug-likeness (QED) is 0.691. The van der Waals surface area contributed by atoms with Gasteiger partial charge in [0.15, 0.2) is 11.5 Å². The van der Waals surface area contributed by atoms with Gasteiger partial charge < -0.3 is 14.2 Å². The van der Waals surface area contributed by atoms with Gasteiger partial charge in [-0.3, -0.25) is 14.9 Å². The summed E-state index contributed by atoms with van der Waals surface area (Å²) < 4.78 is 10.3. The van der Waals surface area contributed by atoms with Gasteiger partial charge in [-0.25, -0.2) is 0 Å². The third-order valence-corrected chi connectivity index (χ3v) is 3.39. The topological polar surface area (TPSA) is 131 Å². The van der Waals surface area contributed by atoms with Gasteiger partial charge in [0.1, 0.15) is 0 Å². The van der Waals surface area contributed by atoms with Crippen molar-refractivity contribution in [2.75, 3.05) is 5.32 Å². The lowest BCUT2D eigenvalue weighted by Crippen LogP contribution is -2.13. The molecule has 0 atom stereocenters. The van der Waals surface area contributed by atoms with Crippen molar-refractivity contribution in [3.8, 4) is 11.3 Å². The summed E-state index contributed by atoms with van der Waals surface area (Å²) in [5.74, 6) is 1.15. The molecule has 1 saturated carbocycles. The summed E-state index contributed by atoms with van der Waals surface area (Å²) in [7, 11) is 0. The van der Waals surface area contributed by atoms with Crippen molar-refractivity contribution >= 4 is 18.3 Å². The van der Waals surface area contributed by atoms with Gasteiger partial charge in [-0.2, -0.15) is 4.98 Å².